The van der Waals surface area contributed by atoms with Crippen LogP contribution in [0, 0.1) is 13.8 Å². The van der Waals surface area contributed by atoms with Crippen molar-refractivity contribution < 1.29 is 5.11 Å². The number of aliphatic hydroxyl groups is 1. The van der Waals surface area contributed by atoms with E-state index in [9.17, 15) is 0 Å². The first-order valence-electron chi connectivity index (χ1n) is 6.11. The normalized spacial score (nSPS) is 10.7. The van der Waals surface area contributed by atoms with Gasteiger partial charge >= 0.3 is 0 Å². The zero-order valence-electron chi connectivity index (χ0n) is 10.4. The van der Waals surface area contributed by atoms with Crippen molar-refractivity contribution in [1.82, 2.24) is 5.32 Å². The van der Waals surface area contributed by atoms with E-state index in [0.717, 1.165) is 32.4 Å². The van der Waals surface area contributed by atoms with Crippen LogP contribution in [-0.4, -0.2) is 18.3 Å². The first-order chi connectivity index (χ1) is 7.72. The van der Waals surface area contributed by atoms with Gasteiger partial charge in [0.1, 0.15) is 0 Å². The molecule has 90 valence electrons. The summed E-state index contributed by atoms with van der Waals surface area (Å²) in [5, 5.41) is 12.1. The third-order valence-corrected chi connectivity index (χ3v) is 2.62. The topological polar surface area (TPSA) is 32.3 Å². The van der Waals surface area contributed by atoms with Crippen molar-refractivity contribution in [1.29, 1.82) is 0 Å². The van der Waals surface area contributed by atoms with Crippen LogP contribution in [0.1, 0.15) is 36.0 Å². The Morgan fingerprint density at radius 1 is 1.00 bits per heavy atom. The number of nitrogens with one attached hydrogen (secondary N) is 1. The number of rotatable bonds is 7. The molecule has 0 aliphatic carbocycles. The summed E-state index contributed by atoms with van der Waals surface area (Å²) in [6.07, 6.45) is 3.17. The summed E-state index contributed by atoms with van der Waals surface area (Å²) in [6.45, 7) is 6.57. The Morgan fingerprint density at radius 3 is 2.31 bits per heavy atom. The van der Waals surface area contributed by atoms with Gasteiger partial charge < -0.3 is 10.4 Å². The molecular weight excluding hydrogens is 198 g/mol. The second-order valence-electron chi connectivity index (χ2n) is 4.46. The monoisotopic (exact) mass is 221 g/mol. The minimum atomic E-state index is 0.317. The van der Waals surface area contributed by atoms with E-state index < -0.39 is 0 Å². The molecule has 2 nitrogen and oxygen atoms in total. The third kappa shape index (κ3) is 5.29. The summed E-state index contributed by atoms with van der Waals surface area (Å²) in [4.78, 5) is 0. The minimum absolute atomic E-state index is 0.317. The highest BCUT2D eigenvalue weighted by molar-refractivity contribution is 5.28. The molecule has 1 aromatic carbocycles. The SMILES string of the molecule is Cc1cc(C)cc(CNCCCCCO)c1. The maximum absolute atomic E-state index is 8.64. The van der Waals surface area contributed by atoms with Gasteiger partial charge in [-0.2, -0.15) is 0 Å². The van der Waals surface area contributed by atoms with Crippen molar-refractivity contribution in [3.05, 3.63) is 34.9 Å². The van der Waals surface area contributed by atoms with Crippen molar-refractivity contribution >= 4 is 0 Å². The van der Waals surface area contributed by atoms with Crippen LogP contribution in [0.5, 0.6) is 0 Å². The van der Waals surface area contributed by atoms with E-state index in [0.29, 0.717) is 6.61 Å². The van der Waals surface area contributed by atoms with Gasteiger partial charge in [0.2, 0.25) is 0 Å². The van der Waals surface area contributed by atoms with Gasteiger partial charge in [0.25, 0.3) is 0 Å². The summed E-state index contributed by atoms with van der Waals surface area (Å²) < 4.78 is 0. The minimum Gasteiger partial charge on any atom is -0.396 e. The van der Waals surface area contributed by atoms with Crippen LogP contribution < -0.4 is 5.32 Å². The van der Waals surface area contributed by atoms with E-state index in [2.05, 4.69) is 37.4 Å². The van der Waals surface area contributed by atoms with Crippen molar-refractivity contribution in [2.75, 3.05) is 13.2 Å². The average Bonchev–Trinajstić information content (AvgIpc) is 2.22. The van der Waals surface area contributed by atoms with Gasteiger partial charge in [0, 0.05) is 13.2 Å². The molecule has 0 unspecified atom stereocenters. The van der Waals surface area contributed by atoms with Gasteiger partial charge in [0.15, 0.2) is 0 Å². The van der Waals surface area contributed by atoms with Crippen LogP contribution in [0.15, 0.2) is 18.2 Å². The molecule has 0 aromatic heterocycles. The third-order valence-electron chi connectivity index (χ3n) is 2.62. The maximum Gasteiger partial charge on any atom is 0.0431 e. The van der Waals surface area contributed by atoms with Crippen molar-refractivity contribution in [3.8, 4) is 0 Å². The summed E-state index contributed by atoms with van der Waals surface area (Å²) in [6, 6.07) is 6.66. The molecule has 0 saturated heterocycles. The fourth-order valence-corrected chi connectivity index (χ4v) is 1.94. The Hall–Kier alpha value is -0.860. The van der Waals surface area contributed by atoms with Crippen LogP contribution in [-0.2, 0) is 6.54 Å². The molecule has 0 aliphatic rings. The lowest BCUT2D eigenvalue weighted by Gasteiger charge is -2.07. The van der Waals surface area contributed by atoms with Crippen molar-refractivity contribution in [2.45, 2.75) is 39.7 Å². The van der Waals surface area contributed by atoms with E-state index in [1.165, 1.54) is 16.7 Å². The first-order valence-corrected chi connectivity index (χ1v) is 6.11. The quantitative estimate of drug-likeness (QED) is 0.694. The molecule has 2 heteroatoms. The molecule has 0 heterocycles. The highest BCUT2D eigenvalue weighted by Gasteiger charge is 1.95. The molecule has 16 heavy (non-hydrogen) atoms. The van der Waals surface area contributed by atoms with Gasteiger partial charge in [-0.15, -0.1) is 0 Å². The van der Waals surface area contributed by atoms with E-state index >= 15 is 0 Å². The standard InChI is InChI=1S/C14H23NO/c1-12-8-13(2)10-14(9-12)11-15-6-4-3-5-7-16/h8-10,15-16H,3-7,11H2,1-2H3. The van der Waals surface area contributed by atoms with Gasteiger partial charge in [-0.3, -0.25) is 0 Å². The van der Waals surface area contributed by atoms with Crippen LogP contribution >= 0.6 is 0 Å². The number of hydrogen-bond donors (Lipinski definition) is 2. The lowest BCUT2D eigenvalue weighted by molar-refractivity contribution is 0.283. The van der Waals surface area contributed by atoms with Gasteiger partial charge in [-0.1, -0.05) is 29.3 Å². The molecule has 0 fully saturated rings. The van der Waals surface area contributed by atoms with Crippen molar-refractivity contribution in [2.24, 2.45) is 0 Å². The molecule has 0 bridgehead atoms. The molecule has 0 spiro atoms. The summed E-state index contributed by atoms with van der Waals surface area (Å²) in [5.74, 6) is 0. The summed E-state index contributed by atoms with van der Waals surface area (Å²) in [7, 11) is 0. The molecule has 1 rings (SSSR count). The van der Waals surface area contributed by atoms with Gasteiger partial charge in [-0.05, 0) is 45.2 Å². The largest absolute Gasteiger partial charge is 0.396 e. The molecule has 0 atom stereocenters. The lowest BCUT2D eigenvalue weighted by Crippen LogP contribution is -2.14. The van der Waals surface area contributed by atoms with E-state index in [1.54, 1.807) is 0 Å². The highest BCUT2D eigenvalue weighted by Crippen LogP contribution is 2.08. The molecule has 1 aromatic rings. The zero-order valence-corrected chi connectivity index (χ0v) is 10.4. The Bertz CT molecular complexity index is 289. The lowest BCUT2D eigenvalue weighted by atomic mass is 10.1. The molecule has 0 radical (unpaired) electrons. The predicted octanol–water partition coefficient (Wildman–Crippen LogP) is 2.56. The fraction of sp³-hybridized carbons (Fsp3) is 0.571. The van der Waals surface area contributed by atoms with Gasteiger partial charge in [0.05, 0.1) is 0 Å². The number of benzene rings is 1. The Kier molecular flexibility index (Phi) is 6.12. The molecule has 0 aliphatic heterocycles. The second-order valence-corrected chi connectivity index (χ2v) is 4.46. The first kappa shape index (κ1) is 13.2. The highest BCUT2D eigenvalue weighted by atomic mass is 16.2. The van der Waals surface area contributed by atoms with Crippen LogP contribution in [0.4, 0.5) is 0 Å². The molecule has 0 amide bonds. The molecule has 0 saturated carbocycles. The van der Waals surface area contributed by atoms with Crippen molar-refractivity contribution in [3.63, 3.8) is 0 Å². The van der Waals surface area contributed by atoms with Crippen LogP contribution in [0.3, 0.4) is 0 Å². The number of aryl methyl sites for hydroxylation is 2. The number of aliphatic hydroxyl groups excluding tert-OH is 1. The zero-order chi connectivity index (χ0) is 11.8. The Morgan fingerprint density at radius 2 is 1.69 bits per heavy atom. The molecular formula is C14H23NO. The predicted molar refractivity (Wildman–Crippen MR) is 68.6 cm³/mol. The van der Waals surface area contributed by atoms with E-state index in [4.69, 9.17) is 5.11 Å². The average molecular weight is 221 g/mol. The second kappa shape index (κ2) is 7.42. The van der Waals surface area contributed by atoms with E-state index in [-0.39, 0.29) is 0 Å². The van der Waals surface area contributed by atoms with E-state index in [1.807, 2.05) is 0 Å². The maximum atomic E-state index is 8.64. The smallest absolute Gasteiger partial charge is 0.0431 e. The van der Waals surface area contributed by atoms with Crippen LogP contribution in [0.2, 0.25) is 0 Å². The number of unbranched alkanes of at least 4 members (excludes halogenated alkanes) is 2. The Labute approximate surface area is 98.7 Å². The summed E-state index contributed by atoms with van der Waals surface area (Å²) >= 11 is 0. The van der Waals surface area contributed by atoms with Crippen LogP contribution in [0.25, 0.3) is 0 Å². The fourth-order valence-electron chi connectivity index (χ4n) is 1.94. The number of hydrogen-bond acceptors (Lipinski definition) is 2. The molecule has 2 N–H and O–H groups in total. The van der Waals surface area contributed by atoms with Gasteiger partial charge in [-0.25, -0.2) is 0 Å². The Balaban J connectivity index is 2.21. The summed E-state index contributed by atoms with van der Waals surface area (Å²) in [5.41, 5.74) is 4.02.